The lowest BCUT2D eigenvalue weighted by molar-refractivity contribution is -0.171. The van der Waals surface area contributed by atoms with E-state index < -0.39 is 11.8 Å². The molecule has 0 aromatic heterocycles. The van der Waals surface area contributed by atoms with Gasteiger partial charge in [-0.3, -0.25) is 14.4 Å². The largest absolute Gasteiger partial charge is 0.490 e. The number of hydrogen-bond donors (Lipinski definition) is 0. The first-order chi connectivity index (χ1) is 37.5. The Hall–Kier alpha value is -2.48. The van der Waals surface area contributed by atoms with Crippen LogP contribution in [0.2, 0.25) is 0 Å². The summed E-state index contributed by atoms with van der Waals surface area (Å²) in [7, 11) is 3.04. The van der Waals surface area contributed by atoms with Crippen LogP contribution in [0.15, 0.2) is 12.1 Å². The number of carbonyl (C=O) groups excluding carboxylic acids is 2. The molecule has 444 valence electrons. The lowest BCUT2D eigenvalue weighted by Gasteiger charge is -2.19. The zero-order chi connectivity index (χ0) is 54.6. The number of benzene rings is 1. The van der Waals surface area contributed by atoms with Gasteiger partial charge in [-0.15, -0.1) is 0 Å². The highest BCUT2D eigenvalue weighted by Crippen LogP contribution is 2.42. The molecule has 2 atom stereocenters. The maximum absolute atomic E-state index is 13.2. The van der Waals surface area contributed by atoms with Crippen LogP contribution in [0.1, 0.15) is 341 Å². The summed E-state index contributed by atoms with van der Waals surface area (Å²) >= 11 is 0. The smallest absolute Gasteiger partial charge is 0.310 e. The number of rotatable bonds is 59. The van der Waals surface area contributed by atoms with E-state index in [2.05, 4.69) is 20.8 Å². The first-order valence-corrected chi connectivity index (χ1v) is 33.5. The van der Waals surface area contributed by atoms with Crippen molar-refractivity contribution in [3.05, 3.63) is 17.7 Å². The minimum Gasteiger partial charge on any atom is -0.490 e. The van der Waals surface area contributed by atoms with Crippen molar-refractivity contribution in [2.24, 2.45) is 11.8 Å². The second kappa shape index (κ2) is 51.9. The quantitative estimate of drug-likeness (QED) is 0.0365. The molecule has 8 heteroatoms. The number of unbranched alkanes of at least 4 members (excludes halogenated alkanes) is 45. The number of carbonyl (C=O) groups is 2. The van der Waals surface area contributed by atoms with E-state index in [-0.39, 0.29) is 18.5 Å². The SMILES string of the molecule is CCCCCCCCCCCCCCCCCCOc1cc(COC(=O)[C@@H]2C[C@H]2C(=O)N(C)OC)cc(OCCCCCCCCCCCCCCCCCC)c1OCCCCCCCCCCCCCCCCCC. The highest BCUT2D eigenvalue weighted by molar-refractivity contribution is 5.89. The Kier molecular flexibility index (Phi) is 47.6. The molecular weight excluding hydrogens is 943 g/mol. The molecule has 0 unspecified atom stereocenters. The highest BCUT2D eigenvalue weighted by atomic mass is 16.7. The first kappa shape index (κ1) is 69.6. The van der Waals surface area contributed by atoms with Crippen LogP contribution in [0.4, 0.5) is 0 Å². The van der Waals surface area contributed by atoms with Gasteiger partial charge in [-0.2, -0.15) is 0 Å². The van der Waals surface area contributed by atoms with Crippen LogP contribution in [0.3, 0.4) is 0 Å². The van der Waals surface area contributed by atoms with E-state index in [0.717, 1.165) is 44.1 Å². The maximum atomic E-state index is 13.2. The van der Waals surface area contributed by atoms with Gasteiger partial charge < -0.3 is 18.9 Å². The average Bonchev–Trinajstić information content (AvgIpc) is 4.24. The van der Waals surface area contributed by atoms with Crippen LogP contribution in [0.5, 0.6) is 17.2 Å². The molecule has 8 nitrogen and oxygen atoms in total. The second-order valence-corrected chi connectivity index (χ2v) is 23.5. The molecule has 76 heavy (non-hydrogen) atoms. The normalized spacial score (nSPS) is 14.1. The Labute approximate surface area is 471 Å². The number of amides is 1. The van der Waals surface area contributed by atoms with E-state index in [1.165, 1.54) is 282 Å². The van der Waals surface area contributed by atoms with Crippen molar-refractivity contribution in [1.29, 1.82) is 0 Å². The molecule has 1 aliphatic rings. The Morgan fingerprint density at radius 2 is 0.658 bits per heavy atom. The van der Waals surface area contributed by atoms with Gasteiger partial charge in [-0.25, -0.2) is 5.06 Å². The van der Waals surface area contributed by atoms with Crippen LogP contribution in [0, 0.1) is 11.8 Å². The topological polar surface area (TPSA) is 83.5 Å². The summed E-state index contributed by atoms with van der Waals surface area (Å²) in [5.41, 5.74) is 0.810. The second-order valence-electron chi connectivity index (χ2n) is 23.5. The third-order valence-electron chi connectivity index (χ3n) is 16.2. The molecular formula is C68H125NO7. The summed E-state index contributed by atoms with van der Waals surface area (Å²) < 4.78 is 25.7. The molecule has 0 saturated heterocycles. The van der Waals surface area contributed by atoms with Crippen molar-refractivity contribution in [3.8, 4) is 17.2 Å². The van der Waals surface area contributed by atoms with Crippen molar-refractivity contribution >= 4 is 11.9 Å². The molecule has 1 aliphatic carbocycles. The van der Waals surface area contributed by atoms with E-state index in [0.29, 0.717) is 43.5 Å². The highest BCUT2D eigenvalue weighted by Gasteiger charge is 2.50. The maximum Gasteiger partial charge on any atom is 0.310 e. The van der Waals surface area contributed by atoms with Crippen molar-refractivity contribution in [2.45, 2.75) is 342 Å². The van der Waals surface area contributed by atoms with Gasteiger partial charge in [0.1, 0.15) is 6.61 Å². The predicted molar refractivity (Wildman–Crippen MR) is 323 cm³/mol. The first-order valence-electron chi connectivity index (χ1n) is 33.5. The van der Waals surface area contributed by atoms with Crippen molar-refractivity contribution < 1.29 is 33.4 Å². The molecule has 1 saturated carbocycles. The van der Waals surface area contributed by atoms with Crippen LogP contribution < -0.4 is 14.2 Å². The Bertz CT molecular complexity index is 1390. The molecule has 0 heterocycles. The lowest BCUT2D eigenvalue weighted by atomic mass is 10.0. The lowest BCUT2D eigenvalue weighted by Crippen LogP contribution is -2.28. The van der Waals surface area contributed by atoms with Crippen molar-refractivity contribution in [2.75, 3.05) is 34.0 Å². The van der Waals surface area contributed by atoms with E-state index in [1.807, 2.05) is 12.1 Å². The zero-order valence-corrected chi connectivity index (χ0v) is 51.1. The number of hydroxylamine groups is 2. The molecule has 0 spiro atoms. The number of ether oxygens (including phenoxy) is 4. The van der Waals surface area contributed by atoms with Crippen LogP contribution >= 0.6 is 0 Å². The van der Waals surface area contributed by atoms with Crippen LogP contribution in [-0.2, 0) is 25.8 Å². The summed E-state index contributed by atoms with van der Waals surface area (Å²) in [6.45, 7) is 8.79. The molecule has 0 N–H and O–H groups in total. The number of esters is 1. The fraction of sp³-hybridized carbons (Fsp3) is 0.882. The van der Waals surface area contributed by atoms with Crippen LogP contribution in [0.25, 0.3) is 0 Å². The minimum absolute atomic E-state index is 0.0839. The van der Waals surface area contributed by atoms with E-state index in [9.17, 15) is 9.59 Å². The minimum atomic E-state index is -0.441. The van der Waals surface area contributed by atoms with Gasteiger partial charge in [0.25, 0.3) is 0 Å². The molecule has 0 bridgehead atoms. The molecule has 1 amide bonds. The average molecular weight is 1070 g/mol. The van der Waals surface area contributed by atoms with Gasteiger partial charge in [0.15, 0.2) is 11.5 Å². The van der Waals surface area contributed by atoms with Gasteiger partial charge in [0.05, 0.1) is 38.8 Å². The summed E-state index contributed by atoms with van der Waals surface area (Å²) in [4.78, 5) is 30.9. The summed E-state index contributed by atoms with van der Waals surface area (Å²) in [5, 5.41) is 1.20. The molecule has 2 rings (SSSR count). The monoisotopic (exact) mass is 1070 g/mol. The Morgan fingerprint density at radius 1 is 0.395 bits per heavy atom. The summed E-state index contributed by atoms with van der Waals surface area (Å²) in [6.07, 6.45) is 64.6. The standard InChI is InChI=1S/C68H125NO7/c1-6-9-12-15-18-21-24-27-30-33-36-39-42-45-48-51-54-73-64-57-61(60-76-68(71)63-59-62(63)67(70)69(4)72-5)58-65(74-55-52-49-46-43-40-37-34-31-28-25-22-19-16-13-10-7-2)66(64)75-56-53-50-47-44-41-38-35-32-29-26-23-20-17-14-11-8-3/h57-58,62-63H,6-56,59-60H2,1-5H3/t62-,63-/m1/s1. The molecule has 1 aromatic carbocycles. The predicted octanol–water partition coefficient (Wildman–Crippen LogP) is 21.3. The Morgan fingerprint density at radius 3 is 0.934 bits per heavy atom. The Balaban J connectivity index is 1.92. The molecule has 1 aromatic rings. The van der Waals surface area contributed by atoms with Gasteiger partial charge in [0.2, 0.25) is 11.7 Å². The van der Waals surface area contributed by atoms with Crippen LogP contribution in [-0.4, -0.2) is 50.9 Å². The third-order valence-corrected chi connectivity index (χ3v) is 16.2. The summed E-state index contributed by atoms with van der Waals surface area (Å²) in [6, 6.07) is 3.97. The fourth-order valence-electron chi connectivity index (χ4n) is 10.9. The van der Waals surface area contributed by atoms with Gasteiger partial charge in [-0.1, -0.05) is 310 Å². The molecule has 0 aliphatic heterocycles. The van der Waals surface area contributed by atoms with Crippen molar-refractivity contribution in [1.82, 2.24) is 5.06 Å². The van der Waals surface area contributed by atoms with Gasteiger partial charge in [-0.05, 0) is 43.4 Å². The fourth-order valence-corrected chi connectivity index (χ4v) is 10.9. The molecule has 1 fully saturated rings. The van der Waals surface area contributed by atoms with E-state index in [1.54, 1.807) is 7.05 Å². The van der Waals surface area contributed by atoms with E-state index in [4.69, 9.17) is 23.8 Å². The van der Waals surface area contributed by atoms with Crippen molar-refractivity contribution in [3.63, 3.8) is 0 Å². The number of nitrogens with zero attached hydrogens (tertiary/aromatic N) is 1. The zero-order valence-electron chi connectivity index (χ0n) is 51.1. The van der Waals surface area contributed by atoms with E-state index >= 15 is 0 Å². The third kappa shape index (κ3) is 39.0. The number of hydrogen-bond acceptors (Lipinski definition) is 7. The summed E-state index contributed by atoms with van der Waals surface area (Å²) in [5.74, 6) is 0.657. The van der Waals surface area contributed by atoms with Gasteiger partial charge >= 0.3 is 5.97 Å². The molecule has 0 radical (unpaired) electrons. The van der Waals surface area contributed by atoms with Gasteiger partial charge in [0, 0.05) is 7.05 Å².